The van der Waals surface area contributed by atoms with Gasteiger partial charge in [0.2, 0.25) is 12.7 Å². The lowest BCUT2D eigenvalue weighted by molar-refractivity contribution is 0.0961. The third-order valence-corrected chi connectivity index (χ3v) is 5.59. The number of alkyl halides is 2. The Morgan fingerprint density at radius 3 is 2.84 bits per heavy atom. The van der Waals surface area contributed by atoms with E-state index in [1.165, 1.54) is 18.2 Å². The molecule has 162 valence electrons. The van der Waals surface area contributed by atoms with Crippen molar-refractivity contribution in [1.29, 1.82) is 0 Å². The van der Waals surface area contributed by atoms with Crippen molar-refractivity contribution in [3.63, 3.8) is 0 Å². The molecule has 3 rings (SSSR count). The molecule has 7 nitrogen and oxygen atoms in total. The van der Waals surface area contributed by atoms with Gasteiger partial charge in [-0.3, -0.25) is 4.79 Å². The van der Waals surface area contributed by atoms with E-state index in [1.54, 1.807) is 6.92 Å². The van der Waals surface area contributed by atoms with Gasteiger partial charge < -0.3 is 15.8 Å². The molecule has 0 aromatic carbocycles. The highest BCUT2D eigenvalue weighted by Crippen LogP contribution is 2.43. The Hall–Kier alpha value is -3.26. The number of hydrogen-bond acceptors (Lipinski definition) is 7. The lowest BCUT2D eigenvalue weighted by atomic mass is 9.78. The summed E-state index contributed by atoms with van der Waals surface area (Å²) in [6.45, 7) is 0.517. The minimum atomic E-state index is -1.85. The highest BCUT2D eigenvalue weighted by molar-refractivity contribution is 8.14. The van der Waals surface area contributed by atoms with Gasteiger partial charge >= 0.3 is 0 Å². The summed E-state index contributed by atoms with van der Waals surface area (Å²) in [4.78, 5) is 24.0. The molecule has 1 aromatic heterocycles. The average molecular weight is 449 g/mol. The standard InChI is InChI=1S/C20H18F3N5O2S/c1-3-20(17(23)11(2)31-19(24)28-20)13-6-4-12(5-7-14(13)22)27-18(29)15-8-26-16(9-25-15)30-10-21/h1,4-9,11,13,17H,10H2,2H3,(H2,24,28)(H,27,29). The van der Waals surface area contributed by atoms with Crippen molar-refractivity contribution in [2.45, 2.75) is 23.9 Å². The molecule has 4 unspecified atom stereocenters. The van der Waals surface area contributed by atoms with E-state index >= 15 is 4.39 Å². The van der Waals surface area contributed by atoms with Crippen molar-refractivity contribution in [2.24, 2.45) is 16.6 Å². The smallest absolute Gasteiger partial charge is 0.275 e. The summed E-state index contributed by atoms with van der Waals surface area (Å²) in [6, 6.07) is 0. The Kier molecular flexibility index (Phi) is 6.70. The van der Waals surface area contributed by atoms with Crippen LogP contribution in [0.4, 0.5) is 13.2 Å². The zero-order valence-electron chi connectivity index (χ0n) is 16.3. The minimum absolute atomic E-state index is 0.0741. The summed E-state index contributed by atoms with van der Waals surface area (Å²) in [7, 11) is 0. The van der Waals surface area contributed by atoms with Crippen molar-refractivity contribution >= 4 is 22.8 Å². The number of carbonyl (C=O) groups excluding carboxylic acids is 1. The van der Waals surface area contributed by atoms with Crippen molar-refractivity contribution in [3.8, 4) is 18.2 Å². The molecule has 1 amide bonds. The Morgan fingerprint density at radius 1 is 1.42 bits per heavy atom. The van der Waals surface area contributed by atoms with E-state index in [-0.39, 0.29) is 22.4 Å². The topological polar surface area (TPSA) is 102 Å². The largest absolute Gasteiger partial charge is 0.445 e. The number of hydrogen-bond donors (Lipinski definition) is 2. The zero-order valence-corrected chi connectivity index (χ0v) is 17.1. The van der Waals surface area contributed by atoms with Crippen LogP contribution in [0.15, 0.2) is 53.2 Å². The number of aliphatic imine (C=N–C) groups is 1. The Bertz CT molecular complexity index is 1020. The van der Waals surface area contributed by atoms with E-state index < -0.39 is 41.5 Å². The summed E-state index contributed by atoms with van der Waals surface area (Å²) in [5, 5.41) is 1.98. The predicted octanol–water partition coefficient (Wildman–Crippen LogP) is 2.60. The van der Waals surface area contributed by atoms with Crippen LogP contribution in [0.5, 0.6) is 5.88 Å². The Morgan fingerprint density at radius 2 is 2.19 bits per heavy atom. The molecule has 2 aliphatic rings. The summed E-state index contributed by atoms with van der Waals surface area (Å²) >= 11 is 1.03. The minimum Gasteiger partial charge on any atom is -0.445 e. The number of aromatic nitrogens is 2. The van der Waals surface area contributed by atoms with Crippen molar-refractivity contribution < 1.29 is 22.7 Å². The van der Waals surface area contributed by atoms with Gasteiger partial charge in [0.15, 0.2) is 10.7 Å². The van der Waals surface area contributed by atoms with Crippen LogP contribution in [0.25, 0.3) is 0 Å². The van der Waals surface area contributed by atoms with Gasteiger partial charge in [0.25, 0.3) is 5.91 Å². The zero-order chi connectivity index (χ0) is 22.6. The Labute approximate surface area is 180 Å². The number of nitrogens with two attached hydrogens (primary N) is 1. The first kappa shape index (κ1) is 22.4. The van der Waals surface area contributed by atoms with E-state index in [0.29, 0.717) is 0 Å². The number of ether oxygens (including phenoxy) is 1. The molecule has 0 radical (unpaired) electrons. The molecule has 4 atom stereocenters. The number of amides is 1. The van der Waals surface area contributed by atoms with Crippen LogP contribution in [-0.4, -0.2) is 44.9 Å². The van der Waals surface area contributed by atoms with Gasteiger partial charge in [0.1, 0.15) is 17.7 Å². The molecule has 2 heterocycles. The molecule has 0 fully saturated rings. The van der Waals surface area contributed by atoms with Gasteiger partial charge in [-0.05, 0) is 25.2 Å². The second kappa shape index (κ2) is 9.26. The molecule has 31 heavy (non-hydrogen) atoms. The van der Waals surface area contributed by atoms with E-state index in [1.807, 2.05) is 0 Å². The average Bonchev–Trinajstić information content (AvgIpc) is 2.93. The maximum Gasteiger partial charge on any atom is 0.275 e. The van der Waals surface area contributed by atoms with Gasteiger partial charge in [-0.1, -0.05) is 23.8 Å². The van der Waals surface area contributed by atoms with Crippen LogP contribution in [0.1, 0.15) is 17.4 Å². The highest BCUT2D eigenvalue weighted by Gasteiger charge is 2.51. The fourth-order valence-electron chi connectivity index (χ4n) is 3.14. The van der Waals surface area contributed by atoms with Crippen molar-refractivity contribution in [1.82, 2.24) is 15.3 Å². The summed E-state index contributed by atoms with van der Waals surface area (Å²) in [5.74, 6) is -0.393. The number of terminal acetylenes is 1. The van der Waals surface area contributed by atoms with Crippen LogP contribution in [0.2, 0.25) is 0 Å². The van der Waals surface area contributed by atoms with Gasteiger partial charge in [-0.25, -0.2) is 28.1 Å². The third kappa shape index (κ3) is 4.59. The molecule has 11 heteroatoms. The predicted molar refractivity (Wildman–Crippen MR) is 111 cm³/mol. The second-order valence-electron chi connectivity index (χ2n) is 6.60. The van der Waals surface area contributed by atoms with Gasteiger partial charge in [-0.15, -0.1) is 6.42 Å². The molecular formula is C20H18F3N5O2S. The fraction of sp³-hybridized carbons (Fsp3) is 0.300. The maximum atomic E-state index is 15.1. The molecule has 1 aromatic rings. The molecule has 1 aliphatic heterocycles. The number of halogens is 3. The van der Waals surface area contributed by atoms with Gasteiger partial charge in [0, 0.05) is 10.9 Å². The molecule has 0 saturated heterocycles. The van der Waals surface area contributed by atoms with E-state index in [4.69, 9.17) is 12.2 Å². The number of thioether (sulfide) groups is 1. The van der Waals surface area contributed by atoms with Crippen molar-refractivity contribution in [3.05, 3.63) is 53.9 Å². The van der Waals surface area contributed by atoms with Crippen LogP contribution in [0, 0.1) is 18.3 Å². The fourth-order valence-corrected chi connectivity index (χ4v) is 4.05. The van der Waals surface area contributed by atoms with E-state index in [0.717, 1.165) is 30.2 Å². The quantitative estimate of drug-likeness (QED) is 0.670. The second-order valence-corrected chi connectivity index (χ2v) is 8.00. The number of rotatable bonds is 5. The number of nitrogens with one attached hydrogen (secondary N) is 1. The lowest BCUT2D eigenvalue weighted by Crippen LogP contribution is -2.51. The van der Waals surface area contributed by atoms with Gasteiger partial charge in [-0.2, -0.15) is 0 Å². The number of carbonyl (C=O) groups is 1. The first-order chi connectivity index (χ1) is 14.8. The van der Waals surface area contributed by atoms with Crippen LogP contribution >= 0.6 is 11.8 Å². The van der Waals surface area contributed by atoms with Crippen molar-refractivity contribution in [2.75, 3.05) is 6.86 Å². The number of allylic oxidation sites excluding steroid dienone is 3. The first-order valence-corrected chi connectivity index (χ1v) is 9.90. The van der Waals surface area contributed by atoms with Crippen LogP contribution in [-0.2, 0) is 0 Å². The van der Waals surface area contributed by atoms with E-state index in [9.17, 15) is 13.6 Å². The molecular weight excluding hydrogens is 431 g/mol. The monoisotopic (exact) mass is 449 g/mol. The number of amidine groups is 1. The SMILES string of the molecule is C#CC1(C2C=CC(NC(=O)c3cnc(OCF)cn3)=CC=C2F)N=C(N)SC(C)C1F. The first-order valence-electron chi connectivity index (χ1n) is 9.02. The lowest BCUT2D eigenvalue weighted by Gasteiger charge is -2.39. The molecule has 0 bridgehead atoms. The molecule has 1 aliphatic carbocycles. The number of nitrogens with zero attached hydrogens (tertiary/aromatic N) is 3. The highest BCUT2D eigenvalue weighted by atomic mass is 32.2. The normalized spacial score (nSPS) is 27.8. The molecule has 0 spiro atoms. The molecule has 3 N–H and O–H groups in total. The van der Waals surface area contributed by atoms with Gasteiger partial charge in [0.05, 0.1) is 18.3 Å². The summed E-state index contributed by atoms with van der Waals surface area (Å²) in [6.07, 6.45) is 11.2. The van der Waals surface area contributed by atoms with E-state index in [2.05, 4.69) is 30.9 Å². The summed E-state index contributed by atoms with van der Waals surface area (Å²) in [5.41, 5.74) is 4.06. The van der Waals surface area contributed by atoms with Crippen LogP contribution in [0.3, 0.4) is 0 Å². The summed E-state index contributed by atoms with van der Waals surface area (Å²) < 4.78 is 46.6. The van der Waals surface area contributed by atoms with Crippen LogP contribution < -0.4 is 15.8 Å². The Balaban J connectivity index is 1.82. The third-order valence-electron chi connectivity index (χ3n) is 4.65. The molecule has 0 saturated carbocycles. The maximum absolute atomic E-state index is 15.1.